The maximum atomic E-state index is 14.4. The van der Waals surface area contributed by atoms with Crippen LogP contribution in [0.1, 0.15) is 17.7 Å². The van der Waals surface area contributed by atoms with Crippen LogP contribution in [0.5, 0.6) is 0 Å². The Morgan fingerprint density at radius 2 is 1.66 bits per heavy atom. The maximum Gasteiger partial charge on any atom is 0.282 e. The van der Waals surface area contributed by atoms with E-state index < -0.39 is 23.4 Å². The summed E-state index contributed by atoms with van der Waals surface area (Å²) < 4.78 is 27.8. The molecule has 1 saturated heterocycles. The third-order valence-corrected chi connectivity index (χ3v) is 6.50. The van der Waals surface area contributed by atoms with Crippen molar-refractivity contribution in [3.8, 4) is 0 Å². The molecule has 5 rings (SSSR count). The molecular weight excluding hydrogens is 432 g/mol. The average Bonchev–Trinajstić information content (AvgIpc) is 3.53. The number of amides is 2. The molecule has 2 aromatic carbocycles. The van der Waals surface area contributed by atoms with Crippen LogP contribution >= 0.6 is 11.3 Å². The van der Waals surface area contributed by atoms with E-state index in [1.807, 2.05) is 24.3 Å². The van der Waals surface area contributed by atoms with E-state index in [9.17, 15) is 18.4 Å². The number of rotatable bonds is 5. The van der Waals surface area contributed by atoms with Gasteiger partial charge in [-0.05, 0) is 60.7 Å². The summed E-state index contributed by atoms with van der Waals surface area (Å²) in [5, 5.41) is 4.86. The Bertz CT molecular complexity index is 1220. The molecule has 8 heteroatoms. The Morgan fingerprint density at radius 1 is 0.906 bits per heavy atom. The molecule has 1 aromatic heterocycles. The highest BCUT2D eigenvalue weighted by Crippen LogP contribution is 2.36. The standard InChI is InChI=1S/C24H19F2N3O2S/c25-15-5-10-19(18(26)14-15)29-23(30)21(20-4-3-13-32-20)22(24(29)31)27-16-6-8-17(9-7-16)28-11-1-2-12-28/h3-10,13-14,27H,1-2,11-12H2. The third kappa shape index (κ3) is 3.56. The van der Waals surface area contributed by atoms with Crippen LogP contribution in [0.15, 0.2) is 65.7 Å². The number of halogens is 2. The number of imide groups is 1. The number of benzene rings is 2. The summed E-state index contributed by atoms with van der Waals surface area (Å²) in [6.45, 7) is 2.04. The Labute approximate surface area is 187 Å². The summed E-state index contributed by atoms with van der Waals surface area (Å²) in [5.74, 6) is -3.10. The molecule has 162 valence electrons. The van der Waals surface area contributed by atoms with Gasteiger partial charge in [-0.2, -0.15) is 0 Å². The molecule has 1 N–H and O–H groups in total. The van der Waals surface area contributed by atoms with Gasteiger partial charge in [0, 0.05) is 35.4 Å². The van der Waals surface area contributed by atoms with E-state index in [0.29, 0.717) is 16.6 Å². The summed E-state index contributed by atoms with van der Waals surface area (Å²) in [6, 6.07) is 13.9. The molecular formula is C24H19F2N3O2S. The lowest BCUT2D eigenvalue weighted by molar-refractivity contribution is -0.120. The van der Waals surface area contributed by atoms with E-state index in [1.54, 1.807) is 17.5 Å². The van der Waals surface area contributed by atoms with Crippen LogP contribution in [0, 0.1) is 11.6 Å². The van der Waals surface area contributed by atoms with Crippen LogP contribution in [0.4, 0.5) is 25.8 Å². The molecule has 2 aliphatic heterocycles. The molecule has 2 aliphatic rings. The summed E-state index contributed by atoms with van der Waals surface area (Å²) >= 11 is 1.31. The van der Waals surface area contributed by atoms with Gasteiger partial charge >= 0.3 is 0 Å². The Balaban J connectivity index is 1.50. The zero-order chi connectivity index (χ0) is 22.2. The van der Waals surface area contributed by atoms with E-state index in [0.717, 1.165) is 35.8 Å². The first-order valence-corrected chi connectivity index (χ1v) is 11.1. The number of carbonyl (C=O) groups is 2. The molecule has 0 atom stereocenters. The quantitative estimate of drug-likeness (QED) is 0.554. The number of hydrogen-bond acceptors (Lipinski definition) is 5. The first-order chi connectivity index (χ1) is 15.5. The van der Waals surface area contributed by atoms with Crippen molar-refractivity contribution in [2.24, 2.45) is 0 Å². The van der Waals surface area contributed by atoms with Gasteiger partial charge in [0.2, 0.25) is 0 Å². The largest absolute Gasteiger partial charge is 0.372 e. The Kier molecular flexibility index (Phi) is 5.22. The Morgan fingerprint density at radius 3 is 2.31 bits per heavy atom. The SMILES string of the molecule is O=C1C(Nc2ccc(N3CCCC3)cc2)=C(c2cccs2)C(=O)N1c1ccc(F)cc1F. The predicted molar refractivity (Wildman–Crippen MR) is 122 cm³/mol. The minimum absolute atomic E-state index is 0.0649. The van der Waals surface area contributed by atoms with Crippen molar-refractivity contribution in [2.75, 3.05) is 28.2 Å². The lowest BCUT2D eigenvalue weighted by Gasteiger charge is -2.18. The van der Waals surface area contributed by atoms with Gasteiger partial charge in [-0.1, -0.05) is 6.07 Å². The van der Waals surface area contributed by atoms with E-state index in [1.165, 1.54) is 24.2 Å². The number of nitrogens with one attached hydrogen (secondary N) is 1. The predicted octanol–water partition coefficient (Wildman–Crippen LogP) is 5.02. The molecule has 0 radical (unpaired) electrons. The fourth-order valence-corrected chi connectivity index (χ4v) is 4.82. The second-order valence-electron chi connectivity index (χ2n) is 7.63. The van der Waals surface area contributed by atoms with Gasteiger partial charge < -0.3 is 10.2 Å². The smallest absolute Gasteiger partial charge is 0.282 e. The second-order valence-corrected chi connectivity index (χ2v) is 8.58. The number of hydrogen-bond donors (Lipinski definition) is 1. The monoisotopic (exact) mass is 451 g/mol. The Hall–Kier alpha value is -3.52. The van der Waals surface area contributed by atoms with Crippen molar-refractivity contribution < 1.29 is 18.4 Å². The van der Waals surface area contributed by atoms with Gasteiger partial charge in [0.05, 0.1) is 11.3 Å². The summed E-state index contributed by atoms with van der Waals surface area (Å²) in [5.41, 5.74) is 1.69. The van der Waals surface area contributed by atoms with Gasteiger partial charge in [0.1, 0.15) is 17.3 Å². The van der Waals surface area contributed by atoms with Gasteiger partial charge in [-0.15, -0.1) is 11.3 Å². The summed E-state index contributed by atoms with van der Waals surface area (Å²) in [6.07, 6.45) is 2.34. The maximum absolute atomic E-state index is 14.4. The van der Waals surface area contributed by atoms with Gasteiger partial charge in [-0.25, -0.2) is 13.7 Å². The second kappa shape index (κ2) is 8.20. The zero-order valence-electron chi connectivity index (χ0n) is 17.0. The number of carbonyl (C=O) groups excluding carboxylic acids is 2. The molecule has 0 aliphatic carbocycles. The van der Waals surface area contributed by atoms with Gasteiger partial charge in [-0.3, -0.25) is 9.59 Å². The fraction of sp³-hybridized carbons (Fsp3) is 0.167. The van der Waals surface area contributed by atoms with E-state index in [-0.39, 0.29) is 17.0 Å². The first kappa shape index (κ1) is 20.4. The van der Waals surface area contributed by atoms with Crippen LogP contribution in [-0.2, 0) is 9.59 Å². The minimum Gasteiger partial charge on any atom is -0.372 e. The molecule has 3 aromatic rings. The van der Waals surface area contributed by atoms with Crippen LogP contribution in [0.25, 0.3) is 5.57 Å². The van der Waals surface area contributed by atoms with E-state index in [4.69, 9.17) is 0 Å². The molecule has 0 bridgehead atoms. The molecule has 1 fully saturated rings. The highest BCUT2D eigenvalue weighted by Gasteiger charge is 2.41. The van der Waals surface area contributed by atoms with Gasteiger partial charge in [0.25, 0.3) is 11.8 Å². The lowest BCUT2D eigenvalue weighted by Crippen LogP contribution is -2.33. The molecule has 2 amide bonds. The van der Waals surface area contributed by atoms with Crippen molar-refractivity contribution in [1.29, 1.82) is 0 Å². The topological polar surface area (TPSA) is 52.7 Å². The molecule has 0 saturated carbocycles. The fourth-order valence-electron chi connectivity index (χ4n) is 4.05. The van der Waals surface area contributed by atoms with Crippen LogP contribution in [-0.4, -0.2) is 24.9 Å². The van der Waals surface area contributed by atoms with Crippen molar-refractivity contribution in [1.82, 2.24) is 0 Å². The molecule has 3 heterocycles. The van der Waals surface area contributed by atoms with Crippen LogP contribution in [0.2, 0.25) is 0 Å². The third-order valence-electron chi connectivity index (χ3n) is 5.61. The van der Waals surface area contributed by atoms with Crippen molar-refractivity contribution >= 4 is 45.8 Å². The van der Waals surface area contributed by atoms with Crippen molar-refractivity contribution in [3.63, 3.8) is 0 Å². The minimum atomic E-state index is -0.978. The lowest BCUT2D eigenvalue weighted by atomic mass is 10.1. The van der Waals surface area contributed by atoms with E-state index >= 15 is 0 Å². The van der Waals surface area contributed by atoms with Crippen LogP contribution in [0.3, 0.4) is 0 Å². The highest BCUT2D eigenvalue weighted by atomic mass is 32.1. The number of nitrogens with zero attached hydrogens (tertiary/aromatic N) is 2. The first-order valence-electron chi connectivity index (χ1n) is 10.3. The number of thiophene rings is 1. The average molecular weight is 451 g/mol. The van der Waals surface area contributed by atoms with Crippen molar-refractivity contribution in [2.45, 2.75) is 12.8 Å². The zero-order valence-corrected chi connectivity index (χ0v) is 17.8. The molecule has 32 heavy (non-hydrogen) atoms. The molecule has 5 nitrogen and oxygen atoms in total. The van der Waals surface area contributed by atoms with Crippen LogP contribution < -0.4 is 15.1 Å². The summed E-state index contributed by atoms with van der Waals surface area (Å²) in [4.78, 5) is 30.1. The summed E-state index contributed by atoms with van der Waals surface area (Å²) in [7, 11) is 0. The number of anilines is 3. The van der Waals surface area contributed by atoms with Crippen molar-refractivity contribution in [3.05, 3.63) is 82.2 Å². The van der Waals surface area contributed by atoms with E-state index in [2.05, 4.69) is 10.2 Å². The normalized spacial score (nSPS) is 16.4. The molecule has 0 unspecified atom stereocenters. The molecule has 0 spiro atoms. The van der Waals surface area contributed by atoms with Gasteiger partial charge in [0.15, 0.2) is 0 Å². The highest BCUT2D eigenvalue weighted by molar-refractivity contribution is 7.11.